The molecule has 2 N–H and O–H groups in total. The van der Waals surface area contributed by atoms with Crippen LogP contribution in [-0.4, -0.2) is 31.3 Å². The molecule has 1 saturated carbocycles. The van der Waals surface area contributed by atoms with Crippen molar-refractivity contribution < 1.29 is 18.3 Å². The molecule has 0 aliphatic heterocycles. The summed E-state index contributed by atoms with van der Waals surface area (Å²) in [5.41, 5.74) is 0. The lowest BCUT2D eigenvalue weighted by atomic mass is 9.94. The number of sulfonamides is 1. The number of carbonyl (C=O) groups is 1. The summed E-state index contributed by atoms with van der Waals surface area (Å²) >= 11 is 0. The van der Waals surface area contributed by atoms with Crippen LogP contribution in [0.5, 0.6) is 0 Å². The summed E-state index contributed by atoms with van der Waals surface area (Å²) < 4.78 is 26.7. The van der Waals surface area contributed by atoms with E-state index in [0.717, 1.165) is 32.1 Å². The standard InChI is InChI=1S/C13H25NO4S/c1-10(2)7-11(8-13(15)16)9-14-19(17,18)12-5-3-4-6-12/h10-12,14H,3-9H2,1-2H3,(H,15,16). The zero-order valence-corrected chi connectivity index (χ0v) is 12.6. The van der Waals surface area contributed by atoms with Crippen LogP contribution in [0.15, 0.2) is 0 Å². The van der Waals surface area contributed by atoms with Crippen molar-refractivity contribution in [2.75, 3.05) is 6.54 Å². The van der Waals surface area contributed by atoms with Crippen LogP contribution in [-0.2, 0) is 14.8 Å². The fraction of sp³-hybridized carbons (Fsp3) is 0.923. The third-order valence-corrected chi connectivity index (χ3v) is 5.50. The highest BCUT2D eigenvalue weighted by molar-refractivity contribution is 7.90. The second kappa shape index (κ2) is 7.24. The molecule has 0 heterocycles. The van der Waals surface area contributed by atoms with Gasteiger partial charge in [0.25, 0.3) is 0 Å². The largest absolute Gasteiger partial charge is 0.481 e. The molecule has 5 nitrogen and oxygen atoms in total. The molecule has 1 aliphatic carbocycles. The maximum Gasteiger partial charge on any atom is 0.303 e. The molecule has 6 heteroatoms. The van der Waals surface area contributed by atoms with Crippen molar-refractivity contribution in [3.63, 3.8) is 0 Å². The van der Waals surface area contributed by atoms with Crippen molar-refractivity contribution in [1.29, 1.82) is 0 Å². The Morgan fingerprint density at radius 3 is 2.37 bits per heavy atom. The third-order valence-electron chi connectivity index (χ3n) is 3.58. The van der Waals surface area contributed by atoms with Gasteiger partial charge in [0.05, 0.1) is 5.25 Å². The molecule has 0 saturated heterocycles. The summed E-state index contributed by atoms with van der Waals surface area (Å²) in [5, 5.41) is 8.58. The number of nitrogens with one attached hydrogen (secondary N) is 1. The monoisotopic (exact) mass is 291 g/mol. The number of carboxylic acids is 1. The van der Waals surface area contributed by atoms with Gasteiger partial charge in [-0.3, -0.25) is 4.79 Å². The summed E-state index contributed by atoms with van der Waals surface area (Å²) in [7, 11) is -3.27. The van der Waals surface area contributed by atoms with Crippen LogP contribution in [0, 0.1) is 11.8 Å². The van der Waals surface area contributed by atoms with Gasteiger partial charge >= 0.3 is 5.97 Å². The van der Waals surface area contributed by atoms with Crippen LogP contribution >= 0.6 is 0 Å². The van der Waals surface area contributed by atoms with Crippen LogP contribution < -0.4 is 4.72 Å². The smallest absolute Gasteiger partial charge is 0.303 e. The van der Waals surface area contributed by atoms with Crippen LogP contribution in [0.2, 0.25) is 0 Å². The molecule has 0 aromatic rings. The summed E-state index contributed by atoms with van der Waals surface area (Å²) in [6, 6.07) is 0. The average Bonchev–Trinajstić information content (AvgIpc) is 2.78. The lowest BCUT2D eigenvalue weighted by molar-refractivity contribution is -0.138. The molecule has 0 spiro atoms. The van der Waals surface area contributed by atoms with E-state index < -0.39 is 16.0 Å². The molecular weight excluding hydrogens is 266 g/mol. The first kappa shape index (κ1) is 16.4. The Kier molecular flexibility index (Phi) is 6.26. The predicted octanol–water partition coefficient (Wildman–Crippen LogP) is 1.99. The summed E-state index contributed by atoms with van der Waals surface area (Å²) in [6.07, 6.45) is 4.13. The Bertz CT molecular complexity index is 385. The molecule has 0 amide bonds. The fourth-order valence-electron chi connectivity index (χ4n) is 2.70. The van der Waals surface area contributed by atoms with Crippen molar-refractivity contribution >= 4 is 16.0 Å². The van der Waals surface area contributed by atoms with Gasteiger partial charge in [-0.25, -0.2) is 13.1 Å². The van der Waals surface area contributed by atoms with E-state index in [1.54, 1.807) is 0 Å². The number of aliphatic carboxylic acids is 1. The van der Waals surface area contributed by atoms with Gasteiger partial charge in [-0.05, 0) is 31.1 Å². The van der Waals surface area contributed by atoms with Gasteiger partial charge in [-0.15, -0.1) is 0 Å². The number of carboxylic acid groups (broad SMARTS) is 1. The minimum atomic E-state index is -3.27. The molecular formula is C13H25NO4S. The zero-order chi connectivity index (χ0) is 14.5. The summed E-state index contributed by atoms with van der Waals surface area (Å²) in [6.45, 7) is 4.27. The maximum atomic E-state index is 12.1. The first-order chi connectivity index (χ1) is 8.81. The number of rotatable bonds is 8. The Morgan fingerprint density at radius 1 is 1.32 bits per heavy atom. The number of hydrogen-bond acceptors (Lipinski definition) is 3. The first-order valence-corrected chi connectivity index (χ1v) is 8.56. The maximum absolute atomic E-state index is 12.1. The molecule has 1 rings (SSSR count). The fourth-order valence-corrected chi connectivity index (χ4v) is 4.36. The van der Waals surface area contributed by atoms with Crippen molar-refractivity contribution in [3.8, 4) is 0 Å². The number of hydrogen-bond donors (Lipinski definition) is 2. The van der Waals surface area contributed by atoms with E-state index in [4.69, 9.17) is 5.11 Å². The van der Waals surface area contributed by atoms with Gasteiger partial charge in [0.15, 0.2) is 0 Å². The first-order valence-electron chi connectivity index (χ1n) is 7.01. The van der Waals surface area contributed by atoms with E-state index in [1.807, 2.05) is 13.8 Å². The summed E-state index contributed by atoms with van der Waals surface area (Å²) in [5.74, 6) is -0.639. The Hall–Kier alpha value is -0.620. The predicted molar refractivity (Wildman–Crippen MR) is 74.4 cm³/mol. The van der Waals surface area contributed by atoms with Gasteiger partial charge < -0.3 is 5.11 Å². The second-order valence-corrected chi connectivity index (χ2v) is 7.94. The minimum Gasteiger partial charge on any atom is -0.481 e. The molecule has 1 fully saturated rings. The van der Waals surface area contributed by atoms with Gasteiger partial charge in [0, 0.05) is 13.0 Å². The molecule has 1 unspecified atom stereocenters. The molecule has 19 heavy (non-hydrogen) atoms. The van der Waals surface area contributed by atoms with E-state index in [1.165, 1.54) is 0 Å². The normalized spacial score (nSPS) is 18.9. The molecule has 0 bridgehead atoms. The van der Waals surface area contributed by atoms with E-state index in [9.17, 15) is 13.2 Å². The van der Waals surface area contributed by atoms with Gasteiger partial charge in [0.1, 0.15) is 0 Å². The van der Waals surface area contributed by atoms with E-state index in [0.29, 0.717) is 5.92 Å². The highest BCUT2D eigenvalue weighted by Gasteiger charge is 2.29. The minimum absolute atomic E-state index is 0.0192. The van der Waals surface area contributed by atoms with Crippen molar-refractivity contribution in [2.24, 2.45) is 11.8 Å². The molecule has 1 atom stereocenters. The Labute approximate surface area is 115 Å². The molecule has 112 valence electrons. The lowest BCUT2D eigenvalue weighted by Gasteiger charge is -2.19. The van der Waals surface area contributed by atoms with Crippen molar-refractivity contribution in [3.05, 3.63) is 0 Å². The third kappa shape index (κ3) is 5.91. The quantitative estimate of drug-likeness (QED) is 0.716. The van der Waals surface area contributed by atoms with Crippen LogP contribution in [0.4, 0.5) is 0 Å². The molecule has 0 radical (unpaired) electrons. The topological polar surface area (TPSA) is 83.5 Å². The van der Waals surface area contributed by atoms with Crippen molar-refractivity contribution in [1.82, 2.24) is 4.72 Å². The Morgan fingerprint density at radius 2 is 1.89 bits per heavy atom. The van der Waals surface area contributed by atoms with Crippen LogP contribution in [0.3, 0.4) is 0 Å². The van der Waals surface area contributed by atoms with E-state index in [2.05, 4.69) is 4.72 Å². The van der Waals surface area contributed by atoms with Crippen LogP contribution in [0.25, 0.3) is 0 Å². The van der Waals surface area contributed by atoms with E-state index >= 15 is 0 Å². The van der Waals surface area contributed by atoms with Gasteiger partial charge in [-0.2, -0.15) is 0 Å². The van der Waals surface area contributed by atoms with Crippen molar-refractivity contribution in [2.45, 2.75) is 57.6 Å². The van der Waals surface area contributed by atoms with Gasteiger partial charge in [-0.1, -0.05) is 26.7 Å². The Balaban J connectivity index is 2.51. The molecule has 1 aliphatic rings. The highest BCUT2D eigenvalue weighted by atomic mass is 32.2. The van der Waals surface area contributed by atoms with Crippen LogP contribution in [0.1, 0.15) is 52.4 Å². The molecule has 0 aromatic carbocycles. The molecule has 0 aromatic heterocycles. The van der Waals surface area contributed by atoms with Gasteiger partial charge in [0.2, 0.25) is 10.0 Å². The highest BCUT2D eigenvalue weighted by Crippen LogP contribution is 2.24. The lowest BCUT2D eigenvalue weighted by Crippen LogP contribution is -2.36. The second-order valence-electron chi connectivity index (χ2n) is 5.89. The zero-order valence-electron chi connectivity index (χ0n) is 11.8. The average molecular weight is 291 g/mol. The summed E-state index contributed by atoms with van der Waals surface area (Å²) in [4.78, 5) is 10.8. The SMILES string of the molecule is CC(C)CC(CNS(=O)(=O)C1CCCC1)CC(=O)O. The van der Waals surface area contributed by atoms with E-state index in [-0.39, 0.29) is 24.1 Å².